The zero-order valence-electron chi connectivity index (χ0n) is 23.5. The molecule has 4 aromatic rings. The second-order valence-corrected chi connectivity index (χ2v) is 11.8. The fourth-order valence-electron chi connectivity index (χ4n) is 7.75. The van der Waals surface area contributed by atoms with E-state index in [-0.39, 0.29) is 0 Å². The van der Waals surface area contributed by atoms with Gasteiger partial charge in [0.25, 0.3) is 14.8 Å². The van der Waals surface area contributed by atoms with Crippen LogP contribution < -0.4 is 26.0 Å². The molecule has 3 radical (unpaired) electrons. The molecule has 193 valence electrons. The van der Waals surface area contributed by atoms with E-state index in [1.54, 1.807) is 16.7 Å². The molecule has 6 heteroatoms. The molecule has 0 amide bonds. The van der Waals surface area contributed by atoms with E-state index in [1.165, 1.54) is 50.0 Å². The first-order chi connectivity index (χ1) is 19.7. The lowest BCUT2D eigenvalue weighted by Gasteiger charge is -2.33. The monoisotopic (exact) mass is 516 g/mol. The van der Waals surface area contributed by atoms with Gasteiger partial charge in [-0.05, 0) is 64.6 Å². The molecule has 8 rings (SSSR count). The molecule has 40 heavy (non-hydrogen) atoms. The van der Waals surface area contributed by atoms with Crippen LogP contribution in [-0.2, 0) is 45.3 Å². The third-order valence-electron chi connectivity index (χ3n) is 9.60. The fourth-order valence-corrected chi connectivity index (χ4v) is 7.75. The molecule has 0 aromatic heterocycles. The summed E-state index contributed by atoms with van der Waals surface area (Å²) in [5.41, 5.74) is 17.6. The van der Waals surface area contributed by atoms with E-state index in [0.717, 1.165) is 45.3 Å². The molecule has 0 saturated carbocycles. The molecule has 4 aromatic carbocycles. The summed E-state index contributed by atoms with van der Waals surface area (Å²) in [6.07, 6.45) is 4.32. The number of hydrogen-bond donors (Lipinski definition) is 0. The van der Waals surface area contributed by atoms with Crippen LogP contribution in [0.25, 0.3) is 0 Å². The van der Waals surface area contributed by atoms with E-state index in [0.29, 0.717) is 6.04 Å². The van der Waals surface area contributed by atoms with Crippen LogP contribution in [0.4, 0.5) is 11.4 Å². The Morgan fingerprint density at radius 3 is 1.62 bits per heavy atom. The van der Waals surface area contributed by atoms with Crippen molar-refractivity contribution in [1.29, 1.82) is 0 Å². The number of anilines is 2. The SMILES string of the molecule is CCc1c2c(c(N3[B]c4ccccc4C3)c(CC)c1N1[B]c3ccccc3C1)CC(N1[B]c3ccccc3C1)C2. The second kappa shape index (κ2) is 9.63. The Hall–Kier alpha value is -3.37. The van der Waals surface area contributed by atoms with E-state index >= 15 is 0 Å². The summed E-state index contributed by atoms with van der Waals surface area (Å²) < 4.78 is 0. The summed E-state index contributed by atoms with van der Waals surface area (Å²) in [5, 5.41) is 0. The number of fused-ring (bicyclic) bond motifs is 4. The number of rotatable bonds is 5. The van der Waals surface area contributed by atoms with Crippen molar-refractivity contribution in [2.75, 3.05) is 9.62 Å². The van der Waals surface area contributed by atoms with Crippen molar-refractivity contribution in [1.82, 2.24) is 4.81 Å². The van der Waals surface area contributed by atoms with Crippen molar-refractivity contribution in [3.63, 3.8) is 0 Å². The number of nitrogens with zero attached hydrogens (tertiary/aromatic N) is 3. The van der Waals surface area contributed by atoms with Crippen LogP contribution in [0.2, 0.25) is 0 Å². The van der Waals surface area contributed by atoms with Gasteiger partial charge < -0.3 is 14.4 Å². The van der Waals surface area contributed by atoms with Gasteiger partial charge >= 0.3 is 0 Å². The van der Waals surface area contributed by atoms with Gasteiger partial charge in [-0.3, -0.25) is 0 Å². The Balaban J connectivity index is 1.25. The van der Waals surface area contributed by atoms with Crippen molar-refractivity contribution in [3.8, 4) is 0 Å². The zero-order chi connectivity index (χ0) is 26.8. The molecule has 0 saturated heterocycles. The van der Waals surface area contributed by atoms with E-state index in [2.05, 4.69) is 123 Å². The minimum absolute atomic E-state index is 0.496. The van der Waals surface area contributed by atoms with Crippen LogP contribution in [-0.4, -0.2) is 33.1 Å². The van der Waals surface area contributed by atoms with E-state index in [4.69, 9.17) is 0 Å². The number of benzene rings is 4. The summed E-state index contributed by atoms with van der Waals surface area (Å²) in [6, 6.07) is 27.2. The topological polar surface area (TPSA) is 9.72 Å². The fraction of sp³-hybridized carbons (Fsp3) is 0.294. The Morgan fingerprint density at radius 2 is 1.07 bits per heavy atom. The van der Waals surface area contributed by atoms with E-state index < -0.39 is 0 Å². The van der Waals surface area contributed by atoms with Crippen molar-refractivity contribution in [2.45, 2.75) is 65.2 Å². The molecule has 0 bridgehead atoms. The van der Waals surface area contributed by atoms with E-state index in [1.807, 2.05) is 0 Å². The van der Waals surface area contributed by atoms with Crippen molar-refractivity contribution in [2.24, 2.45) is 0 Å². The average molecular weight is 516 g/mol. The molecule has 1 atom stereocenters. The lowest BCUT2D eigenvalue weighted by atomic mass is 9.79. The summed E-state index contributed by atoms with van der Waals surface area (Å²) >= 11 is 0. The normalized spacial score (nSPS) is 18.6. The van der Waals surface area contributed by atoms with Crippen LogP contribution in [0.15, 0.2) is 72.8 Å². The third kappa shape index (κ3) is 3.79. The Kier molecular flexibility index (Phi) is 5.88. The molecule has 0 spiro atoms. The minimum atomic E-state index is 0.496. The summed E-state index contributed by atoms with van der Waals surface area (Å²) in [7, 11) is 7.23. The van der Waals surface area contributed by atoms with Crippen LogP contribution in [0.1, 0.15) is 52.8 Å². The number of hydrogen-bond acceptors (Lipinski definition) is 3. The van der Waals surface area contributed by atoms with Gasteiger partial charge in [-0.1, -0.05) is 103 Å². The first-order valence-electron chi connectivity index (χ1n) is 15.0. The Labute approximate surface area is 241 Å². The minimum Gasteiger partial charge on any atom is -0.410 e. The molecule has 3 heterocycles. The van der Waals surface area contributed by atoms with Crippen LogP contribution in [0.5, 0.6) is 0 Å². The Bertz CT molecular complexity index is 1560. The van der Waals surface area contributed by atoms with Crippen LogP contribution >= 0.6 is 0 Å². The van der Waals surface area contributed by atoms with Gasteiger partial charge in [-0.2, -0.15) is 0 Å². The molecular formula is C34H33B3N3. The lowest BCUT2D eigenvalue weighted by Crippen LogP contribution is -2.37. The molecule has 3 nitrogen and oxygen atoms in total. The molecule has 0 N–H and O–H groups in total. The molecule has 1 unspecified atom stereocenters. The van der Waals surface area contributed by atoms with E-state index in [9.17, 15) is 0 Å². The smallest absolute Gasteiger partial charge is 0.285 e. The largest absolute Gasteiger partial charge is 0.410 e. The summed E-state index contributed by atoms with van der Waals surface area (Å²) in [6.45, 7) is 7.66. The second-order valence-electron chi connectivity index (χ2n) is 11.8. The first-order valence-corrected chi connectivity index (χ1v) is 15.0. The van der Waals surface area contributed by atoms with Gasteiger partial charge in [0.2, 0.25) is 7.41 Å². The molecule has 3 aliphatic heterocycles. The maximum atomic E-state index is 2.62. The highest BCUT2D eigenvalue weighted by molar-refractivity contribution is 6.61. The predicted octanol–water partition coefficient (Wildman–Crippen LogP) is 3.57. The van der Waals surface area contributed by atoms with Gasteiger partial charge in [-0.15, -0.1) is 0 Å². The molecule has 4 aliphatic rings. The molecule has 1 aliphatic carbocycles. The van der Waals surface area contributed by atoms with Gasteiger partial charge in [0, 0.05) is 37.1 Å². The molecule has 0 fully saturated rings. The maximum Gasteiger partial charge on any atom is 0.285 e. The average Bonchev–Trinajstić information content (AvgIpc) is 3.78. The van der Waals surface area contributed by atoms with Gasteiger partial charge in [0.05, 0.1) is 0 Å². The van der Waals surface area contributed by atoms with Crippen LogP contribution in [0, 0.1) is 0 Å². The summed E-state index contributed by atoms with van der Waals surface area (Å²) in [4.78, 5) is 7.78. The highest BCUT2D eigenvalue weighted by atomic mass is 15.1. The van der Waals surface area contributed by atoms with Gasteiger partial charge in [-0.25, -0.2) is 0 Å². The Morgan fingerprint density at radius 1 is 0.575 bits per heavy atom. The van der Waals surface area contributed by atoms with Crippen molar-refractivity contribution >= 4 is 50.0 Å². The van der Waals surface area contributed by atoms with Crippen molar-refractivity contribution < 1.29 is 0 Å². The standard InChI is InChI=1S/C34H33B3N3/c1-3-26-28-17-25(38-19-22-11-5-8-14-30(22)35-38)18-29(28)34(40-21-24-13-7-10-16-32(24)37-40)27(4-2)33(26)39-20-23-12-6-9-15-31(23)36-39/h5-16,25H,3-4,17-21H2,1-2H3. The maximum absolute atomic E-state index is 2.62. The van der Waals surface area contributed by atoms with Crippen LogP contribution in [0.3, 0.4) is 0 Å². The van der Waals surface area contributed by atoms with Gasteiger partial charge in [0.15, 0.2) is 0 Å². The van der Waals surface area contributed by atoms with Crippen molar-refractivity contribution in [3.05, 3.63) is 112 Å². The first kappa shape index (κ1) is 24.4. The quantitative estimate of drug-likeness (QED) is 0.376. The molecular weight excluding hydrogens is 483 g/mol. The summed E-state index contributed by atoms with van der Waals surface area (Å²) in [5.74, 6) is 0. The highest BCUT2D eigenvalue weighted by Gasteiger charge is 2.39. The van der Waals surface area contributed by atoms with Gasteiger partial charge in [0.1, 0.15) is 0 Å². The highest BCUT2D eigenvalue weighted by Crippen LogP contribution is 2.46. The predicted molar refractivity (Wildman–Crippen MR) is 170 cm³/mol. The zero-order valence-corrected chi connectivity index (χ0v) is 23.5. The third-order valence-corrected chi connectivity index (χ3v) is 9.60. The lowest BCUT2D eigenvalue weighted by molar-refractivity contribution is 0.344.